The largest absolute Gasteiger partial charge is 0.392 e. The van der Waals surface area contributed by atoms with E-state index in [-0.39, 0.29) is 23.0 Å². The SMILES string of the molecule is CC[C@@]1(C)CCC[C@]2(C)[C@H]3C[C@H](O)[C@]4(C)C5=C(CC[C@H]4[C@]3(C)CC[C@@H]12)C(=O)C[C@H]5O. The zero-order chi connectivity index (χ0) is 21.7. The molecule has 0 amide bonds. The smallest absolute Gasteiger partial charge is 0.161 e. The lowest BCUT2D eigenvalue weighted by Gasteiger charge is -2.70. The predicted molar refractivity (Wildman–Crippen MR) is 119 cm³/mol. The van der Waals surface area contributed by atoms with Crippen LogP contribution in [0.2, 0.25) is 0 Å². The Hall–Kier alpha value is -0.670. The van der Waals surface area contributed by atoms with E-state index in [1.54, 1.807) is 0 Å². The summed E-state index contributed by atoms with van der Waals surface area (Å²) >= 11 is 0. The molecule has 9 atom stereocenters. The van der Waals surface area contributed by atoms with Crippen molar-refractivity contribution in [3.63, 3.8) is 0 Å². The summed E-state index contributed by atoms with van der Waals surface area (Å²) in [7, 11) is 0. The van der Waals surface area contributed by atoms with Gasteiger partial charge in [-0.2, -0.15) is 0 Å². The van der Waals surface area contributed by atoms with E-state index < -0.39 is 17.6 Å². The van der Waals surface area contributed by atoms with Crippen molar-refractivity contribution in [1.29, 1.82) is 0 Å². The summed E-state index contributed by atoms with van der Waals surface area (Å²) < 4.78 is 0. The number of Topliss-reactive ketones (excluding diaryl/α,β-unsaturated/α-hetero) is 1. The fraction of sp³-hybridized carbons (Fsp3) is 0.889. The number of ketones is 1. The molecule has 0 saturated heterocycles. The second-order valence-corrected chi connectivity index (χ2v) is 12.7. The first-order valence-corrected chi connectivity index (χ1v) is 12.6. The molecule has 0 heterocycles. The Bertz CT molecular complexity index is 800. The van der Waals surface area contributed by atoms with E-state index in [2.05, 4.69) is 34.6 Å². The molecule has 0 bridgehead atoms. The Balaban J connectivity index is 1.59. The lowest BCUT2D eigenvalue weighted by molar-refractivity contribution is -0.221. The van der Waals surface area contributed by atoms with Gasteiger partial charge in [0.2, 0.25) is 0 Å². The average molecular weight is 415 g/mol. The number of carbonyl (C=O) groups excluding carboxylic acids is 1. The first kappa shape index (κ1) is 21.2. The van der Waals surface area contributed by atoms with Crippen LogP contribution in [-0.2, 0) is 4.79 Å². The second kappa shape index (κ2) is 6.44. The number of aliphatic hydroxyl groups excluding tert-OH is 2. The summed E-state index contributed by atoms with van der Waals surface area (Å²) in [5.74, 6) is 1.75. The molecule has 0 aliphatic heterocycles. The number of rotatable bonds is 1. The van der Waals surface area contributed by atoms with Gasteiger partial charge in [0, 0.05) is 11.8 Å². The van der Waals surface area contributed by atoms with Crippen LogP contribution in [-0.4, -0.2) is 28.2 Å². The van der Waals surface area contributed by atoms with Gasteiger partial charge in [0.1, 0.15) is 0 Å². The van der Waals surface area contributed by atoms with Gasteiger partial charge in [-0.1, -0.05) is 47.5 Å². The van der Waals surface area contributed by atoms with E-state index in [0.717, 1.165) is 36.3 Å². The summed E-state index contributed by atoms with van der Waals surface area (Å²) in [6.07, 6.45) is 9.43. The lowest BCUT2D eigenvalue weighted by atomic mass is 9.35. The van der Waals surface area contributed by atoms with E-state index in [4.69, 9.17) is 0 Å². The van der Waals surface area contributed by atoms with Gasteiger partial charge >= 0.3 is 0 Å². The predicted octanol–water partition coefficient (Wildman–Crippen LogP) is 5.44. The molecule has 30 heavy (non-hydrogen) atoms. The van der Waals surface area contributed by atoms with Crippen LogP contribution in [0.4, 0.5) is 0 Å². The highest BCUT2D eigenvalue weighted by Crippen LogP contribution is 2.73. The van der Waals surface area contributed by atoms with Crippen molar-refractivity contribution in [3.05, 3.63) is 11.1 Å². The number of aliphatic hydroxyl groups is 2. The molecule has 0 aromatic rings. The molecule has 3 heteroatoms. The molecular weight excluding hydrogens is 372 g/mol. The molecule has 2 N–H and O–H groups in total. The molecular formula is C27H42O3. The number of allylic oxidation sites excluding steroid dienone is 1. The first-order valence-electron chi connectivity index (χ1n) is 12.6. The minimum atomic E-state index is -0.680. The van der Waals surface area contributed by atoms with E-state index in [9.17, 15) is 15.0 Å². The van der Waals surface area contributed by atoms with Crippen molar-refractivity contribution in [2.24, 2.45) is 39.4 Å². The highest BCUT2D eigenvalue weighted by molar-refractivity contribution is 6.00. The van der Waals surface area contributed by atoms with Crippen LogP contribution >= 0.6 is 0 Å². The van der Waals surface area contributed by atoms with Crippen molar-refractivity contribution in [3.8, 4) is 0 Å². The number of hydrogen-bond donors (Lipinski definition) is 2. The van der Waals surface area contributed by atoms with Gasteiger partial charge in [0.15, 0.2) is 5.78 Å². The first-order chi connectivity index (χ1) is 14.0. The minimum absolute atomic E-state index is 0.123. The highest BCUT2D eigenvalue weighted by Gasteiger charge is 2.68. The summed E-state index contributed by atoms with van der Waals surface area (Å²) in [6, 6.07) is 0. The molecule has 0 spiro atoms. The summed E-state index contributed by atoms with van der Waals surface area (Å²) in [6.45, 7) is 12.2. The third kappa shape index (κ3) is 2.37. The summed E-state index contributed by atoms with van der Waals surface area (Å²) in [5.41, 5.74) is 2.22. The van der Waals surface area contributed by atoms with Crippen LogP contribution in [0.15, 0.2) is 11.1 Å². The van der Waals surface area contributed by atoms with Crippen LogP contribution in [0, 0.1) is 39.4 Å². The molecule has 5 rings (SSSR count). The Morgan fingerprint density at radius 1 is 0.933 bits per heavy atom. The quantitative estimate of drug-likeness (QED) is 0.601. The van der Waals surface area contributed by atoms with Crippen LogP contribution in [0.3, 0.4) is 0 Å². The van der Waals surface area contributed by atoms with Crippen LogP contribution in [0.5, 0.6) is 0 Å². The van der Waals surface area contributed by atoms with Gasteiger partial charge < -0.3 is 10.2 Å². The highest BCUT2D eigenvalue weighted by atomic mass is 16.3. The van der Waals surface area contributed by atoms with Crippen molar-refractivity contribution in [1.82, 2.24) is 0 Å². The second-order valence-electron chi connectivity index (χ2n) is 12.7. The number of fused-ring (bicyclic) bond motifs is 6. The van der Waals surface area contributed by atoms with Crippen LogP contribution < -0.4 is 0 Å². The van der Waals surface area contributed by atoms with Crippen LogP contribution in [0.1, 0.15) is 98.8 Å². The van der Waals surface area contributed by atoms with Gasteiger partial charge in [0.25, 0.3) is 0 Å². The third-order valence-corrected chi connectivity index (χ3v) is 11.8. The molecule has 0 radical (unpaired) electrons. The lowest BCUT2D eigenvalue weighted by Crippen LogP contribution is -2.65. The Kier molecular flexibility index (Phi) is 4.55. The zero-order valence-corrected chi connectivity index (χ0v) is 19.8. The maximum absolute atomic E-state index is 12.5. The maximum atomic E-state index is 12.5. The standard InChI is InChI=1S/C27H42O3/c1-6-24(2)11-7-12-25(3)19(24)10-13-26(4)20-9-8-16-17(28)14-18(29)23(16)27(20,5)22(30)15-21(25)26/h18-22,29-30H,6-15H2,1-5H3/t18-,19+,20+,21-,22+,24+,25+,26+,27-/m1/s1. The number of carbonyl (C=O) groups is 1. The minimum Gasteiger partial charge on any atom is -0.392 e. The van der Waals surface area contributed by atoms with E-state index in [0.29, 0.717) is 17.3 Å². The maximum Gasteiger partial charge on any atom is 0.161 e. The molecule has 168 valence electrons. The van der Waals surface area contributed by atoms with Crippen molar-refractivity contribution in [2.75, 3.05) is 0 Å². The third-order valence-electron chi connectivity index (χ3n) is 11.8. The van der Waals surface area contributed by atoms with E-state index in [1.807, 2.05) is 0 Å². The van der Waals surface area contributed by atoms with Gasteiger partial charge in [0.05, 0.1) is 12.2 Å². The van der Waals surface area contributed by atoms with Gasteiger partial charge in [-0.25, -0.2) is 0 Å². The van der Waals surface area contributed by atoms with Gasteiger partial charge in [-0.3, -0.25) is 4.79 Å². The molecule has 0 unspecified atom stereocenters. The molecule has 3 fully saturated rings. The normalized spacial score (nSPS) is 55.6. The summed E-state index contributed by atoms with van der Waals surface area (Å²) in [4.78, 5) is 12.5. The van der Waals surface area contributed by atoms with Crippen molar-refractivity contribution < 1.29 is 15.0 Å². The van der Waals surface area contributed by atoms with Gasteiger partial charge in [-0.15, -0.1) is 0 Å². The fourth-order valence-corrected chi connectivity index (χ4v) is 10.3. The topological polar surface area (TPSA) is 57.5 Å². The van der Waals surface area contributed by atoms with E-state index >= 15 is 0 Å². The molecule has 3 nitrogen and oxygen atoms in total. The Labute approximate surface area is 182 Å². The average Bonchev–Trinajstić information content (AvgIpc) is 2.98. The summed E-state index contributed by atoms with van der Waals surface area (Å²) in [5, 5.41) is 22.5. The molecule has 5 aliphatic carbocycles. The van der Waals surface area contributed by atoms with Crippen molar-refractivity contribution >= 4 is 5.78 Å². The Morgan fingerprint density at radius 2 is 1.63 bits per heavy atom. The molecule has 3 saturated carbocycles. The zero-order valence-electron chi connectivity index (χ0n) is 19.8. The van der Waals surface area contributed by atoms with Crippen LogP contribution in [0.25, 0.3) is 0 Å². The monoisotopic (exact) mass is 414 g/mol. The van der Waals surface area contributed by atoms with Gasteiger partial charge in [-0.05, 0) is 90.1 Å². The number of hydrogen-bond acceptors (Lipinski definition) is 3. The van der Waals surface area contributed by atoms with Crippen molar-refractivity contribution in [2.45, 2.75) is 111 Å². The fourth-order valence-electron chi connectivity index (χ4n) is 10.3. The molecule has 0 aromatic carbocycles. The van der Waals surface area contributed by atoms with E-state index in [1.165, 1.54) is 38.5 Å². The molecule has 5 aliphatic rings. The molecule has 0 aromatic heterocycles. The Morgan fingerprint density at radius 3 is 2.33 bits per heavy atom.